The average molecular weight is 276 g/mol. The highest BCUT2D eigenvalue weighted by Gasteiger charge is 2.18. The lowest BCUT2D eigenvalue weighted by Gasteiger charge is -2.18. The van der Waals surface area contributed by atoms with Crippen LogP contribution in [0.4, 0.5) is 0 Å². The second-order valence-electron chi connectivity index (χ2n) is 4.24. The van der Waals surface area contributed by atoms with Gasteiger partial charge in [0.05, 0.1) is 12.4 Å². The van der Waals surface area contributed by atoms with E-state index >= 15 is 0 Å². The second-order valence-corrected chi connectivity index (χ2v) is 4.67. The smallest absolute Gasteiger partial charge is 0.152 e. The minimum absolute atomic E-state index is 0.402. The third-order valence-electron chi connectivity index (χ3n) is 3.02. The van der Waals surface area contributed by atoms with Gasteiger partial charge >= 0.3 is 0 Å². The summed E-state index contributed by atoms with van der Waals surface area (Å²) < 4.78 is 5.88. The first-order chi connectivity index (χ1) is 9.28. The van der Waals surface area contributed by atoms with Crippen LogP contribution in [0.2, 0.25) is 5.02 Å². The summed E-state index contributed by atoms with van der Waals surface area (Å²) in [6.07, 6.45) is 2.05. The SMILES string of the molecule is NCN1NCC=C1c1ccc(-c2cccc(Cl)c2)o1. The van der Waals surface area contributed by atoms with Gasteiger partial charge in [-0.2, -0.15) is 0 Å². The van der Waals surface area contributed by atoms with Crippen molar-refractivity contribution in [3.8, 4) is 11.3 Å². The third-order valence-corrected chi connectivity index (χ3v) is 3.25. The zero-order chi connectivity index (χ0) is 13.2. The maximum Gasteiger partial charge on any atom is 0.152 e. The van der Waals surface area contributed by atoms with Gasteiger partial charge in [-0.05, 0) is 30.3 Å². The van der Waals surface area contributed by atoms with Crippen LogP contribution in [-0.4, -0.2) is 18.2 Å². The van der Waals surface area contributed by atoms with Gasteiger partial charge in [-0.1, -0.05) is 23.7 Å². The Morgan fingerprint density at radius 3 is 2.89 bits per heavy atom. The summed E-state index contributed by atoms with van der Waals surface area (Å²) in [7, 11) is 0. The summed E-state index contributed by atoms with van der Waals surface area (Å²) in [5.41, 5.74) is 10.7. The van der Waals surface area contributed by atoms with Crippen molar-refractivity contribution in [2.45, 2.75) is 0 Å². The number of hydrazine groups is 1. The van der Waals surface area contributed by atoms with Crippen molar-refractivity contribution in [3.63, 3.8) is 0 Å². The molecule has 0 amide bonds. The van der Waals surface area contributed by atoms with E-state index in [0.717, 1.165) is 29.3 Å². The predicted octanol–water partition coefficient (Wildman–Crippen LogP) is 2.68. The molecule has 98 valence electrons. The molecule has 0 fully saturated rings. The van der Waals surface area contributed by atoms with Crippen LogP contribution >= 0.6 is 11.6 Å². The molecule has 0 radical (unpaired) electrons. The van der Waals surface area contributed by atoms with Crippen LogP contribution in [0.25, 0.3) is 17.0 Å². The Balaban J connectivity index is 1.92. The highest BCUT2D eigenvalue weighted by molar-refractivity contribution is 6.30. The van der Waals surface area contributed by atoms with Crippen LogP contribution in [0, 0.1) is 0 Å². The number of nitrogens with zero attached hydrogens (tertiary/aromatic N) is 1. The van der Waals surface area contributed by atoms with Gasteiger partial charge in [0.2, 0.25) is 0 Å². The maximum absolute atomic E-state index is 5.99. The van der Waals surface area contributed by atoms with Crippen LogP contribution in [0.1, 0.15) is 5.76 Å². The zero-order valence-electron chi connectivity index (χ0n) is 10.3. The van der Waals surface area contributed by atoms with E-state index < -0.39 is 0 Å². The van der Waals surface area contributed by atoms with Crippen molar-refractivity contribution in [1.82, 2.24) is 10.4 Å². The van der Waals surface area contributed by atoms with E-state index in [1.54, 1.807) is 0 Å². The van der Waals surface area contributed by atoms with Crippen molar-refractivity contribution >= 4 is 17.3 Å². The molecule has 0 atom stereocenters. The molecule has 0 saturated heterocycles. The van der Waals surface area contributed by atoms with E-state index in [9.17, 15) is 0 Å². The van der Waals surface area contributed by atoms with Crippen LogP contribution in [0.5, 0.6) is 0 Å². The Bertz CT molecular complexity index is 621. The molecule has 3 N–H and O–H groups in total. The molecule has 1 aliphatic rings. The lowest BCUT2D eigenvalue weighted by atomic mass is 10.2. The van der Waals surface area contributed by atoms with Crippen molar-refractivity contribution < 1.29 is 4.42 Å². The number of nitrogens with two attached hydrogens (primary N) is 1. The van der Waals surface area contributed by atoms with Gasteiger partial charge in [0, 0.05) is 17.1 Å². The summed E-state index contributed by atoms with van der Waals surface area (Å²) in [5.74, 6) is 1.59. The molecule has 4 nitrogen and oxygen atoms in total. The molecule has 0 spiro atoms. The molecule has 2 aromatic rings. The molecule has 19 heavy (non-hydrogen) atoms. The number of rotatable bonds is 3. The Labute approximate surface area is 116 Å². The van der Waals surface area contributed by atoms with E-state index in [1.807, 2.05) is 47.5 Å². The maximum atomic E-state index is 5.99. The summed E-state index contributed by atoms with van der Waals surface area (Å²) in [6.45, 7) is 1.17. The number of benzene rings is 1. The summed E-state index contributed by atoms with van der Waals surface area (Å²) >= 11 is 5.99. The van der Waals surface area contributed by atoms with Gasteiger partial charge in [-0.15, -0.1) is 0 Å². The van der Waals surface area contributed by atoms with Gasteiger partial charge in [0.25, 0.3) is 0 Å². The van der Waals surface area contributed by atoms with Crippen LogP contribution in [-0.2, 0) is 0 Å². The molecule has 0 unspecified atom stereocenters. The number of hydrogen-bond donors (Lipinski definition) is 2. The van der Waals surface area contributed by atoms with Crippen molar-refractivity contribution in [2.24, 2.45) is 5.73 Å². The first-order valence-electron chi connectivity index (χ1n) is 6.05. The molecule has 1 aliphatic heterocycles. The van der Waals surface area contributed by atoms with E-state index in [0.29, 0.717) is 11.7 Å². The largest absolute Gasteiger partial charge is 0.455 e. The highest BCUT2D eigenvalue weighted by Crippen LogP contribution is 2.29. The molecular formula is C14H14ClN3O. The quantitative estimate of drug-likeness (QED) is 0.904. The number of furan rings is 1. The fraction of sp³-hybridized carbons (Fsp3) is 0.143. The van der Waals surface area contributed by atoms with Crippen molar-refractivity contribution in [3.05, 3.63) is 53.3 Å². The van der Waals surface area contributed by atoms with E-state index in [2.05, 4.69) is 5.43 Å². The lowest BCUT2D eigenvalue weighted by molar-refractivity contribution is 0.325. The first-order valence-corrected chi connectivity index (χ1v) is 6.43. The van der Waals surface area contributed by atoms with Gasteiger partial charge in [-0.25, -0.2) is 5.43 Å². The number of halogens is 1. The first kappa shape index (κ1) is 12.3. The molecule has 5 heteroatoms. The molecule has 1 aromatic carbocycles. The number of nitrogens with one attached hydrogen (secondary N) is 1. The van der Waals surface area contributed by atoms with Crippen molar-refractivity contribution in [2.75, 3.05) is 13.2 Å². The Hall–Kier alpha value is -1.75. The molecule has 0 saturated carbocycles. The standard InChI is InChI=1S/C14H14ClN3O/c15-11-3-1-2-10(8-11)13-4-5-14(19-13)12-6-7-17-18(12)9-16/h1-6,8,17H,7,9,16H2. The lowest BCUT2D eigenvalue weighted by Crippen LogP contribution is -2.35. The molecule has 3 rings (SSSR count). The fourth-order valence-corrected chi connectivity index (χ4v) is 2.31. The second kappa shape index (κ2) is 5.09. The Morgan fingerprint density at radius 1 is 1.26 bits per heavy atom. The molecule has 0 aliphatic carbocycles. The van der Waals surface area contributed by atoms with E-state index in [1.165, 1.54) is 0 Å². The van der Waals surface area contributed by atoms with E-state index in [-0.39, 0.29) is 0 Å². The van der Waals surface area contributed by atoms with Gasteiger partial charge in [0.15, 0.2) is 5.76 Å². The van der Waals surface area contributed by atoms with Gasteiger partial charge in [0.1, 0.15) is 5.76 Å². The van der Waals surface area contributed by atoms with E-state index in [4.69, 9.17) is 21.8 Å². The Morgan fingerprint density at radius 2 is 2.11 bits per heavy atom. The molecule has 0 bridgehead atoms. The topological polar surface area (TPSA) is 54.4 Å². The third kappa shape index (κ3) is 2.38. The predicted molar refractivity (Wildman–Crippen MR) is 76.0 cm³/mol. The minimum Gasteiger partial charge on any atom is -0.455 e. The van der Waals surface area contributed by atoms with Gasteiger partial charge < -0.3 is 10.2 Å². The summed E-state index contributed by atoms with van der Waals surface area (Å²) in [5, 5.41) is 2.56. The molecular weight excluding hydrogens is 262 g/mol. The molecule has 2 heterocycles. The van der Waals surface area contributed by atoms with Gasteiger partial charge in [-0.3, -0.25) is 5.01 Å². The fourth-order valence-electron chi connectivity index (χ4n) is 2.12. The van der Waals surface area contributed by atoms with Crippen LogP contribution < -0.4 is 11.2 Å². The monoisotopic (exact) mass is 275 g/mol. The highest BCUT2D eigenvalue weighted by atomic mass is 35.5. The average Bonchev–Trinajstić information content (AvgIpc) is 3.07. The molecule has 1 aromatic heterocycles. The van der Waals surface area contributed by atoms with Crippen LogP contribution in [0.3, 0.4) is 0 Å². The van der Waals surface area contributed by atoms with Crippen molar-refractivity contribution in [1.29, 1.82) is 0 Å². The normalized spacial score (nSPS) is 14.8. The number of hydrogen-bond acceptors (Lipinski definition) is 4. The minimum atomic E-state index is 0.402. The van der Waals surface area contributed by atoms with Crippen LogP contribution in [0.15, 0.2) is 46.9 Å². The summed E-state index contributed by atoms with van der Waals surface area (Å²) in [4.78, 5) is 0. The summed E-state index contributed by atoms with van der Waals surface area (Å²) in [6, 6.07) is 11.5. The Kier molecular flexibility index (Phi) is 3.29. The zero-order valence-corrected chi connectivity index (χ0v) is 11.0.